The standard InChI is InChI=1S/C18H20ClFN2O2.ClH/c1-18(2,11-4-6-12(20)7-5-11)10-22-17(23)13-8-14(19)15(21)9-16(13)24-3;/h4-9H,10,21H2,1-3H3,(H,22,23);1H. The highest BCUT2D eigenvalue weighted by molar-refractivity contribution is 6.33. The Morgan fingerprint density at radius 1 is 1.28 bits per heavy atom. The zero-order chi connectivity index (χ0) is 17.9. The normalized spacial score (nSPS) is 10.8. The van der Waals surface area contributed by atoms with Crippen LogP contribution in [-0.2, 0) is 5.41 Å². The van der Waals surface area contributed by atoms with Crippen LogP contribution in [-0.4, -0.2) is 19.6 Å². The fraction of sp³-hybridized carbons (Fsp3) is 0.278. The molecule has 0 radical (unpaired) electrons. The van der Waals surface area contributed by atoms with Crippen LogP contribution in [0.25, 0.3) is 0 Å². The van der Waals surface area contributed by atoms with Gasteiger partial charge >= 0.3 is 0 Å². The second-order valence-corrected chi connectivity index (χ2v) is 6.55. The second-order valence-electron chi connectivity index (χ2n) is 6.15. The summed E-state index contributed by atoms with van der Waals surface area (Å²) in [5, 5.41) is 3.15. The SMILES string of the molecule is COc1cc(N)c(Cl)cc1C(=O)NCC(C)(C)c1ccc(F)cc1.Cl. The zero-order valence-corrected chi connectivity index (χ0v) is 15.8. The molecule has 3 N–H and O–H groups in total. The zero-order valence-electron chi connectivity index (χ0n) is 14.2. The first-order valence-electron chi connectivity index (χ1n) is 7.42. The smallest absolute Gasteiger partial charge is 0.255 e. The molecule has 25 heavy (non-hydrogen) atoms. The van der Waals surface area contributed by atoms with E-state index in [1.54, 1.807) is 12.1 Å². The molecule has 0 bridgehead atoms. The van der Waals surface area contributed by atoms with E-state index < -0.39 is 0 Å². The van der Waals surface area contributed by atoms with E-state index in [1.807, 2.05) is 13.8 Å². The largest absolute Gasteiger partial charge is 0.496 e. The van der Waals surface area contributed by atoms with Crippen LogP contribution in [0.2, 0.25) is 5.02 Å². The number of nitrogen functional groups attached to an aromatic ring is 1. The average Bonchev–Trinajstić information content (AvgIpc) is 2.55. The molecule has 0 unspecified atom stereocenters. The van der Waals surface area contributed by atoms with Crippen molar-refractivity contribution in [3.8, 4) is 5.75 Å². The highest BCUT2D eigenvalue weighted by Gasteiger charge is 2.23. The minimum absolute atomic E-state index is 0. The minimum atomic E-state index is -0.367. The van der Waals surface area contributed by atoms with Crippen molar-refractivity contribution in [2.45, 2.75) is 19.3 Å². The maximum atomic E-state index is 13.1. The van der Waals surface area contributed by atoms with Gasteiger partial charge in [-0.2, -0.15) is 0 Å². The Morgan fingerprint density at radius 2 is 1.88 bits per heavy atom. The van der Waals surface area contributed by atoms with E-state index in [4.69, 9.17) is 22.1 Å². The van der Waals surface area contributed by atoms with Gasteiger partial charge in [0.1, 0.15) is 11.6 Å². The third-order valence-corrected chi connectivity index (χ3v) is 4.21. The Kier molecular flexibility index (Phi) is 7.08. The van der Waals surface area contributed by atoms with Crippen LogP contribution in [0.4, 0.5) is 10.1 Å². The number of carbonyl (C=O) groups excluding carboxylic acids is 1. The highest BCUT2D eigenvalue weighted by Crippen LogP contribution is 2.29. The molecule has 7 heteroatoms. The van der Waals surface area contributed by atoms with Crippen LogP contribution in [0, 0.1) is 5.82 Å². The van der Waals surface area contributed by atoms with Gasteiger partial charge in [-0.25, -0.2) is 4.39 Å². The van der Waals surface area contributed by atoms with E-state index in [9.17, 15) is 9.18 Å². The quantitative estimate of drug-likeness (QED) is 0.756. The van der Waals surface area contributed by atoms with Crippen molar-refractivity contribution in [1.82, 2.24) is 5.32 Å². The van der Waals surface area contributed by atoms with Crippen LogP contribution < -0.4 is 15.8 Å². The molecular formula is C18H21Cl2FN2O2. The van der Waals surface area contributed by atoms with Gasteiger partial charge in [0, 0.05) is 18.0 Å². The monoisotopic (exact) mass is 386 g/mol. The molecule has 1 amide bonds. The third kappa shape index (κ3) is 5.00. The van der Waals surface area contributed by atoms with Crippen molar-refractivity contribution in [2.24, 2.45) is 0 Å². The Balaban J connectivity index is 0.00000312. The Labute approximate surface area is 157 Å². The van der Waals surface area contributed by atoms with Crippen molar-refractivity contribution >= 4 is 35.6 Å². The van der Waals surface area contributed by atoms with Crippen molar-refractivity contribution in [3.05, 3.63) is 58.4 Å². The lowest BCUT2D eigenvalue weighted by Crippen LogP contribution is -2.36. The highest BCUT2D eigenvalue weighted by atomic mass is 35.5. The summed E-state index contributed by atoms with van der Waals surface area (Å²) in [6.07, 6.45) is 0. The Morgan fingerprint density at radius 3 is 2.44 bits per heavy atom. The molecule has 0 heterocycles. The van der Waals surface area contributed by atoms with Gasteiger partial charge in [-0.3, -0.25) is 4.79 Å². The van der Waals surface area contributed by atoms with E-state index in [2.05, 4.69) is 5.32 Å². The number of amides is 1. The number of hydrogen-bond acceptors (Lipinski definition) is 3. The number of ether oxygens (including phenoxy) is 1. The third-order valence-electron chi connectivity index (χ3n) is 3.88. The number of nitrogens with one attached hydrogen (secondary N) is 1. The molecule has 4 nitrogen and oxygen atoms in total. The maximum absolute atomic E-state index is 13.1. The number of carbonyl (C=O) groups is 1. The minimum Gasteiger partial charge on any atom is -0.496 e. The summed E-state index contributed by atoms with van der Waals surface area (Å²) in [6.45, 7) is 4.30. The lowest BCUT2D eigenvalue weighted by molar-refractivity contribution is 0.0942. The molecule has 2 aromatic carbocycles. The van der Waals surface area contributed by atoms with Crippen LogP contribution >= 0.6 is 24.0 Å². The lowest BCUT2D eigenvalue weighted by atomic mass is 9.84. The molecule has 2 rings (SSSR count). The van der Waals surface area contributed by atoms with Crippen LogP contribution in [0.5, 0.6) is 5.75 Å². The molecule has 0 saturated carbocycles. The van der Waals surface area contributed by atoms with Gasteiger partial charge in [0.2, 0.25) is 0 Å². The topological polar surface area (TPSA) is 64.3 Å². The van der Waals surface area contributed by atoms with Crippen molar-refractivity contribution in [1.29, 1.82) is 0 Å². The van der Waals surface area contributed by atoms with E-state index >= 15 is 0 Å². The Hall–Kier alpha value is -1.98. The number of nitrogens with two attached hydrogens (primary N) is 1. The van der Waals surface area contributed by atoms with Crippen LogP contribution in [0.3, 0.4) is 0 Å². The Bertz CT molecular complexity index is 749. The van der Waals surface area contributed by atoms with Gasteiger partial charge in [0.15, 0.2) is 0 Å². The van der Waals surface area contributed by atoms with Gasteiger partial charge in [-0.15, -0.1) is 12.4 Å². The van der Waals surface area contributed by atoms with Gasteiger partial charge in [0.05, 0.1) is 23.4 Å². The molecule has 0 aliphatic heterocycles. The molecule has 2 aromatic rings. The molecular weight excluding hydrogens is 366 g/mol. The fourth-order valence-electron chi connectivity index (χ4n) is 2.32. The van der Waals surface area contributed by atoms with Gasteiger partial charge in [-0.1, -0.05) is 37.6 Å². The first kappa shape index (κ1) is 21.1. The summed E-state index contributed by atoms with van der Waals surface area (Å²) in [4.78, 5) is 12.5. The summed E-state index contributed by atoms with van der Waals surface area (Å²) in [5.74, 6) is -0.252. The maximum Gasteiger partial charge on any atom is 0.255 e. The number of methoxy groups -OCH3 is 1. The van der Waals surface area contributed by atoms with Gasteiger partial charge < -0.3 is 15.8 Å². The van der Waals surface area contributed by atoms with E-state index in [1.165, 1.54) is 31.4 Å². The number of anilines is 1. The molecule has 0 aromatic heterocycles. The predicted molar refractivity (Wildman–Crippen MR) is 101 cm³/mol. The lowest BCUT2D eigenvalue weighted by Gasteiger charge is -2.26. The van der Waals surface area contributed by atoms with E-state index in [0.717, 1.165) is 5.56 Å². The second kappa shape index (κ2) is 8.41. The summed E-state index contributed by atoms with van der Waals surface area (Å²) in [6, 6.07) is 9.23. The summed E-state index contributed by atoms with van der Waals surface area (Å²) >= 11 is 5.99. The molecule has 0 atom stereocenters. The molecule has 0 fully saturated rings. The summed E-state index contributed by atoms with van der Waals surface area (Å²) in [5.41, 5.74) is 6.93. The van der Waals surface area contributed by atoms with Gasteiger partial charge in [0.25, 0.3) is 5.91 Å². The van der Waals surface area contributed by atoms with E-state index in [0.29, 0.717) is 28.6 Å². The van der Waals surface area contributed by atoms with Crippen molar-refractivity contribution < 1.29 is 13.9 Å². The molecule has 136 valence electrons. The van der Waals surface area contributed by atoms with E-state index in [-0.39, 0.29) is 29.5 Å². The number of hydrogen-bond donors (Lipinski definition) is 2. The number of halogens is 3. The molecule has 0 aliphatic rings. The van der Waals surface area contributed by atoms with Gasteiger partial charge in [-0.05, 0) is 23.8 Å². The van der Waals surface area contributed by atoms with Crippen LogP contribution in [0.1, 0.15) is 29.8 Å². The predicted octanol–water partition coefficient (Wildman–Crippen LogP) is 4.20. The molecule has 0 spiro atoms. The molecule has 0 aliphatic carbocycles. The first-order chi connectivity index (χ1) is 11.2. The average molecular weight is 387 g/mol. The summed E-state index contributed by atoms with van der Waals surface area (Å²) < 4.78 is 18.2. The molecule has 0 saturated heterocycles. The van der Waals surface area contributed by atoms with Crippen LogP contribution in [0.15, 0.2) is 36.4 Å². The van der Waals surface area contributed by atoms with Crippen molar-refractivity contribution in [3.63, 3.8) is 0 Å². The first-order valence-corrected chi connectivity index (χ1v) is 7.79. The van der Waals surface area contributed by atoms with Crippen molar-refractivity contribution in [2.75, 3.05) is 19.4 Å². The fourth-order valence-corrected chi connectivity index (χ4v) is 2.48. The number of rotatable bonds is 5. The number of benzene rings is 2. The summed E-state index contributed by atoms with van der Waals surface area (Å²) in [7, 11) is 1.46.